The van der Waals surface area contributed by atoms with Crippen molar-refractivity contribution in [2.24, 2.45) is 5.92 Å². The number of rotatable bonds is 3. The van der Waals surface area contributed by atoms with Crippen LogP contribution in [0.25, 0.3) is 0 Å². The molecule has 0 bridgehead atoms. The first kappa shape index (κ1) is 13.4. The van der Waals surface area contributed by atoms with Gasteiger partial charge in [0.25, 0.3) is 0 Å². The van der Waals surface area contributed by atoms with Gasteiger partial charge in [-0.1, -0.05) is 32.3 Å². The summed E-state index contributed by atoms with van der Waals surface area (Å²) in [5, 5.41) is 3.39. The molecule has 0 saturated heterocycles. The van der Waals surface area contributed by atoms with Gasteiger partial charge in [0.15, 0.2) is 0 Å². The number of hydrogen-bond acceptors (Lipinski definition) is 1. The number of aryl methyl sites for hydroxylation is 1. The summed E-state index contributed by atoms with van der Waals surface area (Å²) in [4.78, 5) is 0. The van der Waals surface area contributed by atoms with E-state index in [1.165, 1.54) is 38.5 Å². The maximum atomic E-state index is 13.8. The van der Waals surface area contributed by atoms with Crippen molar-refractivity contribution >= 4 is 5.69 Å². The highest BCUT2D eigenvalue weighted by Crippen LogP contribution is 2.28. The van der Waals surface area contributed by atoms with Crippen molar-refractivity contribution in [1.82, 2.24) is 0 Å². The molecule has 0 aromatic heterocycles. The first-order valence-electron chi connectivity index (χ1n) is 7.21. The van der Waals surface area contributed by atoms with Crippen LogP contribution in [0.15, 0.2) is 18.2 Å². The van der Waals surface area contributed by atoms with E-state index in [2.05, 4.69) is 12.2 Å². The van der Waals surface area contributed by atoms with Crippen LogP contribution in [0, 0.1) is 18.7 Å². The van der Waals surface area contributed by atoms with E-state index in [9.17, 15) is 4.39 Å². The molecule has 1 nitrogen and oxygen atoms in total. The van der Waals surface area contributed by atoms with E-state index < -0.39 is 0 Å². The topological polar surface area (TPSA) is 12.0 Å². The summed E-state index contributed by atoms with van der Waals surface area (Å²) < 4.78 is 13.8. The Labute approximate surface area is 110 Å². The molecule has 0 aliphatic heterocycles. The predicted octanol–water partition coefficient (Wildman–Crippen LogP) is 4.90. The average Bonchev–Trinajstić information content (AvgIpc) is 2.58. The molecule has 1 N–H and O–H groups in total. The minimum Gasteiger partial charge on any atom is -0.380 e. The molecule has 0 radical (unpaired) electrons. The minimum atomic E-state index is -0.119. The van der Waals surface area contributed by atoms with Gasteiger partial charge in [0.1, 0.15) is 5.82 Å². The molecule has 0 spiro atoms. The van der Waals surface area contributed by atoms with E-state index in [0.717, 1.165) is 11.5 Å². The standard InChI is InChI=1S/C16H24FN/c1-3-13-5-4-6-14(9-8-13)18-16-10-7-12(2)11-15(16)17/h7,10-11,13-14,18H,3-6,8-9H2,1-2H3. The fourth-order valence-electron chi connectivity index (χ4n) is 2.89. The molecule has 2 unspecified atom stereocenters. The van der Waals surface area contributed by atoms with E-state index in [1.54, 1.807) is 6.07 Å². The van der Waals surface area contributed by atoms with E-state index in [-0.39, 0.29) is 5.82 Å². The first-order chi connectivity index (χ1) is 8.69. The summed E-state index contributed by atoms with van der Waals surface area (Å²) in [6, 6.07) is 5.89. The van der Waals surface area contributed by atoms with Gasteiger partial charge in [-0.2, -0.15) is 0 Å². The second-order valence-electron chi connectivity index (χ2n) is 5.61. The third kappa shape index (κ3) is 3.47. The lowest BCUT2D eigenvalue weighted by atomic mass is 9.98. The Kier molecular flexibility index (Phi) is 4.62. The molecule has 1 aromatic carbocycles. The average molecular weight is 249 g/mol. The van der Waals surface area contributed by atoms with Gasteiger partial charge in [-0.15, -0.1) is 0 Å². The molecule has 18 heavy (non-hydrogen) atoms. The Hall–Kier alpha value is -1.05. The Morgan fingerprint density at radius 1 is 1.22 bits per heavy atom. The van der Waals surface area contributed by atoms with Crippen molar-refractivity contribution in [3.05, 3.63) is 29.6 Å². The predicted molar refractivity (Wildman–Crippen MR) is 75.4 cm³/mol. The maximum absolute atomic E-state index is 13.8. The fraction of sp³-hybridized carbons (Fsp3) is 0.625. The SMILES string of the molecule is CCC1CCCC(Nc2ccc(C)cc2F)CC1. The molecule has 0 amide bonds. The van der Waals surface area contributed by atoms with Crippen molar-refractivity contribution in [1.29, 1.82) is 0 Å². The molecule has 2 rings (SSSR count). The molecule has 1 aliphatic carbocycles. The zero-order valence-electron chi connectivity index (χ0n) is 11.5. The molecule has 1 aliphatic rings. The van der Waals surface area contributed by atoms with Gasteiger partial charge < -0.3 is 5.32 Å². The molecule has 0 heterocycles. The minimum absolute atomic E-state index is 0.119. The monoisotopic (exact) mass is 249 g/mol. The van der Waals surface area contributed by atoms with Crippen molar-refractivity contribution in [2.75, 3.05) is 5.32 Å². The summed E-state index contributed by atoms with van der Waals surface area (Å²) in [6.07, 6.45) is 7.51. The van der Waals surface area contributed by atoms with E-state index >= 15 is 0 Å². The Balaban J connectivity index is 1.96. The lowest BCUT2D eigenvalue weighted by Gasteiger charge is -2.18. The third-order valence-electron chi connectivity index (χ3n) is 4.15. The van der Waals surface area contributed by atoms with Crippen molar-refractivity contribution in [3.63, 3.8) is 0 Å². The molecular weight excluding hydrogens is 225 g/mol. The van der Waals surface area contributed by atoms with Crippen LogP contribution >= 0.6 is 0 Å². The molecule has 2 atom stereocenters. The van der Waals surface area contributed by atoms with Gasteiger partial charge in [-0.3, -0.25) is 0 Å². The van der Waals surface area contributed by atoms with E-state index in [0.29, 0.717) is 11.7 Å². The summed E-state index contributed by atoms with van der Waals surface area (Å²) in [7, 11) is 0. The Morgan fingerprint density at radius 3 is 2.78 bits per heavy atom. The van der Waals surface area contributed by atoms with Crippen LogP contribution in [0.1, 0.15) is 51.0 Å². The number of nitrogens with one attached hydrogen (secondary N) is 1. The van der Waals surface area contributed by atoms with Crippen LogP contribution in [-0.4, -0.2) is 6.04 Å². The largest absolute Gasteiger partial charge is 0.380 e. The lowest BCUT2D eigenvalue weighted by Crippen LogP contribution is -2.19. The zero-order chi connectivity index (χ0) is 13.0. The summed E-state index contributed by atoms with van der Waals surface area (Å²) >= 11 is 0. The lowest BCUT2D eigenvalue weighted by molar-refractivity contribution is 0.444. The van der Waals surface area contributed by atoms with Gasteiger partial charge in [-0.05, 0) is 49.8 Å². The quantitative estimate of drug-likeness (QED) is 0.751. The highest BCUT2D eigenvalue weighted by Gasteiger charge is 2.18. The number of halogens is 1. The molecular formula is C16H24FN. The van der Waals surface area contributed by atoms with Crippen molar-refractivity contribution < 1.29 is 4.39 Å². The number of hydrogen-bond donors (Lipinski definition) is 1. The van der Waals surface area contributed by atoms with Gasteiger partial charge in [0.05, 0.1) is 5.69 Å². The second-order valence-corrected chi connectivity index (χ2v) is 5.61. The van der Waals surface area contributed by atoms with E-state index in [1.807, 2.05) is 19.1 Å². The van der Waals surface area contributed by atoms with Crippen LogP contribution in [0.2, 0.25) is 0 Å². The first-order valence-corrected chi connectivity index (χ1v) is 7.21. The number of anilines is 1. The smallest absolute Gasteiger partial charge is 0.146 e. The van der Waals surface area contributed by atoms with Crippen molar-refractivity contribution in [2.45, 2.75) is 58.4 Å². The maximum Gasteiger partial charge on any atom is 0.146 e. The summed E-state index contributed by atoms with van der Waals surface area (Å²) in [5.74, 6) is 0.756. The van der Waals surface area contributed by atoms with Gasteiger partial charge in [0, 0.05) is 6.04 Å². The van der Waals surface area contributed by atoms with Crippen molar-refractivity contribution in [3.8, 4) is 0 Å². The molecule has 2 heteroatoms. The summed E-state index contributed by atoms with van der Waals surface area (Å²) in [6.45, 7) is 4.20. The van der Waals surface area contributed by atoms with Crippen LogP contribution in [0.5, 0.6) is 0 Å². The van der Waals surface area contributed by atoms with Gasteiger partial charge in [0.2, 0.25) is 0 Å². The second kappa shape index (κ2) is 6.21. The normalized spacial score (nSPS) is 24.6. The number of benzene rings is 1. The zero-order valence-corrected chi connectivity index (χ0v) is 11.5. The molecule has 1 saturated carbocycles. The van der Waals surface area contributed by atoms with E-state index in [4.69, 9.17) is 0 Å². The highest BCUT2D eigenvalue weighted by molar-refractivity contribution is 5.46. The molecule has 100 valence electrons. The Morgan fingerprint density at radius 2 is 2.06 bits per heavy atom. The third-order valence-corrected chi connectivity index (χ3v) is 4.15. The fourth-order valence-corrected chi connectivity index (χ4v) is 2.89. The van der Waals surface area contributed by atoms with Crippen LogP contribution in [0.3, 0.4) is 0 Å². The van der Waals surface area contributed by atoms with Crippen LogP contribution in [0.4, 0.5) is 10.1 Å². The summed E-state index contributed by atoms with van der Waals surface area (Å²) in [5.41, 5.74) is 1.64. The highest BCUT2D eigenvalue weighted by atomic mass is 19.1. The molecule has 1 fully saturated rings. The molecule has 1 aromatic rings. The Bertz CT molecular complexity index is 389. The van der Waals surface area contributed by atoms with Crippen LogP contribution < -0.4 is 5.32 Å². The van der Waals surface area contributed by atoms with Crippen LogP contribution in [-0.2, 0) is 0 Å². The van der Waals surface area contributed by atoms with Gasteiger partial charge in [-0.25, -0.2) is 4.39 Å². The van der Waals surface area contributed by atoms with Gasteiger partial charge >= 0.3 is 0 Å².